The fourth-order valence-electron chi connectivity index (χ4n) is 0.679. The van der Waals surface area contributed by atoms with E-state index < -0.39 is 0 Å². The fourth-order valence-corrected chi connectivity index (χ4v) is 1.42. The summed E-state index contributed by atoms with van der Waals surface area (Å²) in [6, 6.07) is 0. The number of carbonyl (C=O) groups is 1. The van der Waals surface area contributed by atoms with Crippen molar-refractivity contribution in [3.05, 3.63) is 0 Å². The maximum atomic E-state index is 10.3. The highest BCUT2D eigenvalue weighted by molar-refractivity contribution is 8.00. The van der Waals surface area contributed by atoms with Crippen molar-refractivity contribution in [2.24, 2.45) is 0 Å². The Kier molecular flexibility index (Phi) is 3.02. The molecule has 0 aromatic heterocycles. The molecule has 1 unspecified atom stereocenters. The molecular weight excluding hydrogens is 152 g/mol. The molecule has 1 saturated heterocycles. The Balaban J connectivity index is 2.07. The fraction of sp³-hybridized carbons (Fsp3) is 0.833. The Hall–Kier alpha value is -0.220. The van der Waals surface area contributed by atoms with Gasteiger partial charge in [-0.2, -0.15) is 0 Å². The van der Waals surface area contributed by atoms with Gasteiger partial charge >= 0.3 is 5.97 Å². The quantitative estimate of drug-likeness (QED) is 0.558. The van der Waals surface area contributed by atoms with Gasteiger partial charge in [-0.1, -0.05) is 0 Å². The van der Waals surface area contributed by atoms with Gasteiger partial charge in [0.25, 0.3) is 0 Å². The molecule has 0 spiro atoms. The van der Waals surface area contributed by atoms with E-state index in [2.05, 4.69) is 0 Å². The third-order valence-corrected chi connectivity index (χ3v) is 2.21. The average molecular weight is 162 g/mol. The largest absolute Gasteiger partial charge is 0.465 e. The van der Waals surface area contributed by atoms with Crippen LogP contribution in [0, 0.1) is 0 Å². The van der Waals surface area contributed by atoms with Crippen LogP contribution in [0.25, 0.3) is 0 Å². The standard InChI is InChI=1S/C6H10O3S/c1-5(7)9-3-6-2-8-4-10-6/h6H,2-4H2,1H3. The van der Waals surface area contributed by atoms with Crippen LogP contribution in [0.4, 0.5) is 0 Å². The summed E-state index contributed by atoms with van der Waals surface area (Å²) in [6.45, 7) is 2.61. The minimum atomic E-state index is -0.215. The summed E-state index contributed by atoms with van der Waals surface area (Å²) in [7, 11) is 0. The topological polar surface area (TPSA) is 35.5 Å². The van der Waals surface area contributed by atoms with E-state index in [4.69, 9.17) is 9.47 Å². The molecule has 0 amide bonds. The third-order valence-electron chi connectivity index (χ3n) is 1.16. The van der Waals surface area contributed by atoms with Gasteiger partial charge < -0.3 is 9.47 Å². The molecule has 10 heavy (non-hydrogen) atoms. The van der Waals surface area contributed by atoms with Crippen LogP contribution >= 0.6 is 11.8 Å². The van der Waals surface area contributed by atoms with Crippen molar-refractivity contribution in [3.8, 4) is 0 Å². The zero-order chi connectivity index (χ0) is 7.40. The second kappa shape index (κ2) is 3.83. The normalized spacial score (nSPS) is 24.7. The van der Waals surface area contributed by atoms with Crippen molar-refractivity contribution in [2.75, 3.05) is 19.2 Å². The van der Waals surface area contributed by atoms with Crippen molar-refractivity contribution in [1.82, 2.24) is 0 Å². The monoisotopic (exact) mass is 162 g/mol. The summed E-state index contributed by atoms with van der Waals surface area (Å²) < 4.78 is 9.85. The summed E-state index contributed by atoms with van der Waals surface area (Å²) in [4.78, 5) is 10.3. The average Bonchev–Trinajstić information content (AvgIpc) is 2.34. The van der Waals surface area contributed by atoms with Crippen molar-refractivity contribution >= 4 is 17.7 Å². The van der Waals surface area contributed by atoms with E-state index in [0.29, 0.717) is 18.5 Å². The first-order chi connectivity index (χ1) is 4.79. The summed E-state index contributed by atoms with van der Waals surface area (Å²) in [5, 5.41) is 0.351. The van der Waals surface area contributed by atoms with E-state index in [1.807, 2.05) is 0 Å². The van der Waals surface area contributed by atoms with E-state index in [9.17, 15) is 4.79 Å². The third kappa shape index (κ3) is 2.58. The molecule has 1 aliphatic heterocycles. The Bertz CT molecular complexity index is 120. The Morgan fingerprint density at radius 1 is 1.90 bits per heavy atom. The molecule has 0 radical (unpaired) electrons. The molecule has 0 saturated carbocycles. The van der Waals surface area contributed by atoms with Crippen LogP contribution in [0.3, 0.4) is 0 Å². The maximum absolute atomic E-state index is 10.3. The Morgan fingerprint density at radius 2 is 2.70 bits per heavy atom. The van der Waals surface area contributed by atoms with Gasteiger partial charge in [0, 0.05) is 6.92 Å². The predicted molar refractivity (Wildman–Crippen MR) is 38.8 cm³/mol. The number of rotatable bonds is 2. The number of hydrogen-bond donors (Lipinski definition) is 0. The van der Waals surface area contributed by atoms with Crippen molar-refractivity contribution in [3.63, 3.8) is 0 Å². The molecule has 0 aromatic rings. The van der Waals surface area contributed by atoms with Gasteiger partial charge in [-0.3, -0.25) is 4.79 Å². The van der Waals surface area contributed by atoms with E-state index in [0.717, 1.165) is 5.94 Å². The molecule has 0 N–H and O–H groups in total. The lowest BCUT2D eigenvalue weighted by atomic mass is 10.5. The highest BCUT2D eigenvalue weighted by Crippen LogP contribution is 2.18. The minimum Gasteiger partial charge on any atom is -0.465 e. The van der Waals surface area contributed by atoms with Crippen molar-refractivity contribution < 1.29 is 14.3 Å². The second-order valence-corrected chi connectivity index (χ2v) is 3.32. The Labute approximate surface area is 64.1 Å². The van der Waals surface area contributed by atoms with Crippen LogP contribution in [0.5, 0.6) is 0 Å². The maximum Gasteiger partial charge on any atom is 0.302 e. The lowest BCUT2D eigenvalue weighted by Crippen LogP contribution is -2.14. The first-order valence-corrected chi connectivity index (χ1v) is 4.16. The lowest BCUT2D eigenvalue weighted by Gasteiger charge is -2.04. The molecule has 4 heteroatoms. The van der Waals surface area contributed by atoms with E-state index in [1.165, 1.54) is 6.92 Å². The van der Waals surface area contributed by atoms with Crippen molar-refractivity contribution in [2.45, 2.75) is 12.2 Å². The molecule has 3 nitrogen and oxygen atoms in total. The van der Waals surface area contributed by atoms with Gasteiger partial charge in [0.1, 0.15) is 6.61 Å². The lowest BCUT2D eigenvalue weighted by molar-refractivity contribution is -0.141. The predicted octanol–water partition coefficient (Wildman–Crippen LogP) is 0.639. The van der Waals surface area contributed by atoms with Gasteiger partial charge in [0.05, 0.1) is 17.8 Å². The van der Waals surface area contributed by atoms with Crippen LogP contribution in [0.2, 0.25) is 0 Å². The first-order valence-electron chi connectivity index (χ1n) is 3.12. The molecule has 1 aliphatic rings. The van der Waals surface area contributed by atoms with Gasteiger partial charge in [-0.15, -0.1) is 11.8 Å². The number of thioether (sulfide) groups is 1. The van der Waals surface area contributed by atoms with Crippen LogP contribution in [0.1, 0.15) is 6.92 Å². The molecule has 1 heterocycles. The second-order valence-electron chi connectivity index (χ2n) is 2.08. The van der Waals surface area contributed by atoms with Crippen LogP contribution in [-0.4, -0.2) is 30.4 Å². The molecule has 0 bridgehead atoms. The van der Waals surface area contributed by atoms with Crippen LogP contribution in [-0.2, 0) is 14.3 Å². The zero-order valence-corrected chi connectivity index (χ0v) is 6.65. The van der Waals surface area contributed by atoms with E-state index in [1.54, 1.807) is 11.8 Å². The SMILES string of the molecule is CC(=O)OCC1COCS1. The molecule has 1 atom stereocenters. The molecule has 1 fully saturated rings. The highest BCUT2D eigenvalue weighted by Gasteiger charge is 2.16. The highest BCUT2D eigenvalue weighted by atomic mass is 32.2. The summed E-state index contributed by atoms with van der Waals surface area (Å²) in [5.74, 6) is 0.513. The molecular formula is C6H10O3S. The summed E-state index contributed by atoms with van der Waals surface area (Å²) in [5.41, 5.74) is 0. The molecule has 0 aromatic carbocycles. The number of carbonyl (C=O) groups excluding carboxylic acids is 1. The summed E-state index contributed by atoms with van der Waals surface area (Å²) >= 11 is 1.68. The molecule has 58 valence electrons. The summed E-state index contributed by atoms with van der Waals surface area (Å²) in [6.07, 6.45) is 0. The van der Waals surface area contributed by atoms with Crippen LogP contribution in [0.15, 0.2) is 0 Å². The smallest absolute Gasteiger partial charge is 0.302 e. The zero-order valence-electron chi connectivity index (χ0n) is 5.83. The van der Waals surface area contributed by atoms with Gasteiger partial charge in [0.15, 0.2) is 0 Å². The number of esters is 1. The molecule has 0 aliphatic carbocycles. The van der Waals surface area contributed by atoms with Crippen LogP contribution < -0.4 is 0 Å². The van der Waals surface area contributed by atoms with E-state index >= 15 is 0 Å². The number of ether oxygens (including phenoxy) is 2. The first kappa shape index (κ1) is 7.88. The van der Waals surface area contributed by atoms with Gasteiger partial charge in [-0.25, -0.2) is 0 Å². The number of hydrogen-bond acceptors (Lipinski definition) is 4. The Morgan fingerprint density at radius 3 is 3.20 bits per heavy atom. The van der Waals surface area contributed by atoms with Gasteiger partial charge in [-0.05, 0) is 0 Å². The van der Waals surface area contributed by atoms with Gasteiger partial charge in [0.2, 0.25) is 0 Å². The minimum absolute atomic E-state index is 0.215. The molecule has 1 rings (SSSR count). The van der Waals surface area contributed by atoms with Crippen molar-refractivity contribution in [1.29, 1.82) is 0 Å². The van der Waals surface area contributed by atoms with E-state index in [-0.39, 0.29) is 5.97 Å².